The summed E-state index contributed by atoms with van der Waals surface area (Å²) >= 11 is 9.56. The largest absolute Gasteiger partial charge is 0.453 e. The summed E-state index contributed by atoms with van der Waals surface area (Å²) in [6, 6.07) is 8.19. The van der Waals surface area contributed by atoms with Crippen molar-refractivity contribution in [1.29, 1.82) is 0 Å². The molecule has 0 aliphatic heterocycles. The normalized spacial score (nSPS) is 12.0. The first-order valence-electron chi connectivity index (χ1n) is 5.41. The molecule has 2 aromatic carbocycles. The second kappa shape index (κ2) is 6.40. The monoisotopic (exact) mass is 347 g/mol. The van der Waals surface area contributed by atoms with E-state index in [-0.39, 0.29) is 32.1 Å². The first kappa shape index (κ1) is 15.7. The van der Waals surface area contributed by atoms with E-state index in [1.165, 1.54) is 12.1 Å². The zero-order valence-corrected chi connectivity index (χ0v) is 12.5. The molecule has 1 N–H and O–H groups in total. The standard InChI is InChI=1S/C12H7Cl2NO5S/c13-8-5-7(15(16)17)6-9(14)12(8)20-10-3-1-2-4-11(10)21(18)19/h1-6H,(H,18,19). The fourth-order valence-corrected chi connectivity index (χ4v) is 2.57. The lowest BCUT2D eigenvalue weighted by Gasteiger charge is -2.11. The molecule has 0 aliphatic rings. The van der Waals surface area contributed by atoms with Crippen LogP contribution in [0.15, 0.2) is 41.3 Å². The second-order valence-electron chi connectivity index (χ2n) is 3.79. The third kappa shape index (κ3) is 3.51. The molecule has 0 spiro atoms. The molecule has 6 nitrogen and oxygen atoms in total. The van der Waals surface area contributed by atoms with E-state index >= 15 is 0 Å². The molecule has 1 atom stereocenters. The van der Waals surface area contributed by atoms with Crippen molar-refractivity contribution in [2.45, 2.75) is 4.90 Å². The van der Waals surface area contributed by atoms with Crippen LogP contribution in [0.1, 0.15) is 0 Å². The van der Waals surface area contributed by atoms with Gasteiger partial charge in [0.25, 0.3) is 5.69 Å². The van der Waals surface area contributed by atoms with Crippen molar-refractivity contribution < 1.29 is 18.4 Å². The lowest BCUT2D eigenvalue weighted by atomic mass is 10.3. The van der Waals surface area contributed by atoms with E-state index in [4.69, 9.17) is 27.9 Å². The number of halogens is 2. The van der Waals surface area contributed by atoms with Gasteiger partial charge in [-0.1, -0.05) is 35.3 Å². The summed E-state index contributed by atoms with van der Waals surface area (Å²) in [6.45, 7) is 0. The van der Waals surface area contributed by atoms with Crippen LogP contribution in [0.2, 0.25) is 10.0 Å². The molecule has 110 valence electrons. The molecule has 0 saturated carbocycles. The number of nitro benzene ring substituents is 1. The van der Waals surface area contributed by atoms with Gasteiger partial charge in [0, 0.05) is 12.1 Å². The maximum atomic E-state index is 11.2. The average Bonchev–Trinajstić information content (AvgIpc) is 2.42. The summed E-state index contributed by atoms with van der Waals surface area (Å²) in [7, 11) is 0. The van der Waals surface area contributed by atoms with Crippen LogP contribution in [0.5, 0.6) is 11.5 Å². The van der Waals surface area contributed by atoms with Crippen LogP contribution in [-0.2, 0) is 11.1 Å². The minimum atomic E-state index is -2.26. The Hall–Kier alpha value is -1.67. The summed E-state index contributed by atoms with van der Waals surface area (Å²) in [6.07, 6.45) is 0. The Kier molecular flexibility index (Phi) is 4.79. The van der Waals surface area contributed by atoms with E-state index in [1.807, 2.05) is 0 Å². The fraction of sp³-hybridized carbons (Fsp3) is 0. The summed E-state index contributed by atoms with van der Waals surface area (Å²) < 4.78 is 25.8. The number of hydrogen-bond donors (Lipinski definition) is 1. The van der Waals surface area contributed by atoms with Crippen LogP contribution in [0.25, 0.3) is 0 Å². The van der Waals surface area contributed by atoms with E-state index in [2.05, 4.69) is 0 Å². The van der Waals surface area contributed by atoms with Crippen molar-refractivity contribution in [3.8, 4) is 11.5 Å². The van der Waals surface area contributed by atoms with E-state index < -0.39 is 16.0 Å². The van der Waals surface area contributed by atoms with E-state index in [0.29, 0.717) is 0 Å². The van der Waals surface area contributed by atoms with Crippen LogP contribution in [0.4, 0.5) is 5.69 Å². The van der Waals surface area contributed by atoms with Gasteiger partial charge >= 0.3 is 0 Å². The number of non-ortho nitro benzene ring substituents is 1. The van der Waals surface area contributed by atoms with E-state index in [0.717, 1.165) is 12.1 Å². The molecule has 9 heteroatoms. The average molecular weight is 348 g/mol. The number of rotatable bonds is 4. The number of nitro groups is 1. The topological polar surface area (TPSA) is 89.7 Å². The van der Waals surface area contributed by atoms with Crippen molar-refractivity contribution in [3.05, 3.63) is 56.6 Å². The van der Waals surface area contributed by atoms with Gasteiger partial charge in [0.1, 0.15) is 10.6 Å². The lowest BCUT2D eigenvalue weighted by Crippen LogP contribution is -1.96. The molecule has 0 saturated heterocycles. The Labute approximate surface area is 131 Å². The lowest BCUT2D eigenvalue weighted by molar-refractivity contribution is -0.384. The maximum Gasteiger partial charge on any atom is 0.272 e. The highest BCUT2D eigenvalue weighted by Crippen LogP contribution is 2.40. The van der Waals surface area contributed by atoms with E-state index in [1.54, 1.807) is 12.1 Å². The summed E-state index contributed by atoms with van der Waals surface area (Å²) in [4.78, 5) is 10.1. The van der Waals surface area contributed by atoms with Crippen LogP contribution >= 0.6 is 23.2 Å². The molecule has 2 rings (SSSR count). The van der Waals surface area contributed by atoms with Crippen LogP contribution in [-0.4, -0.2) is 13.7 Å². The van der Waals surface area contributed by atoms with Crippen molar-refractivity contribution in [1.82, 2.24) is 0 Å². The number of ether oxygens (including phenoxy) is 1. The van der Waals surface area contributed by atoms with Gasteiger partial charge in [-0.25, -0.2) is 4.21 Å². The summed E-state index contributed by atoms with van der Waals surface area (Å²) in [5.41, 5.74) is -0.281. The van der Waals surface area contributed by atoms with Gasteiger partial charge in [-0.2, -0.15) is 0 Å². The Balaban J connectivity index is 2.46. The predicted octanol–water partition coefficient (Wildman–Crippen LogP) is 4.27. The molecule has 1 unspecified atom stereocenters. The number of hydrogen-bond acceptors (Lipinski definition) is 4. The van der Waals surface area contributed by atoms with Gasteiger partial charge in [0.15, 0.2) is 16.8 Å². The van der Waals surface area contributed by atoms with Crippen molar-refractivity contribution in [3.63, 3.8) is 0 Å². The number of nitrogens with zero attached hydrogens (tertiary/aromatic N) is 1. The molecule has 0 aromatic heterocycles. The second-order valence-corrected chi connectivity index (χ2v) is 5.55. The molecular formula is C12H7Cl2NO5S. The highest BCUT2D eigenvalue weighted by atomic mass is 35.5. The zero-order valence-electron chi connectivity index (χ0n) is 10.2. The van der Waals surface area contributed by atoms with Crippen LogP contribution < -0.4 is 4.74 Å². The fourth-order valence-electron chi connectivity index (χ4n) is 1.54. The quantitative estimate of drug-likeness (QED) is 0.506. The first-order chi connectivity index (χ1) is 9.90. The Bertz CT molecular complexity index is 714. The van der Waals surface area contributed by atoms with Gasteiger partial charge in [-0.3, -0.25) is 10.1 Å². The Morgan fingerprint density at radius 1 is 1.19 bits per heavy atom. The van der Waals surface area contributed by atoms with E-state index in [9.17, 15) is 18.9 Å². The molecule has 0 aliphatic carbocycles. The molecule has 0 heterocycles. The minimum absolute atomic E-state index is 0.0261. The number of benzene rings is 2. The van der Waals surface area contributed by atoms with Gasteiger partial charge in [0.2, 0.25) is 0 Å². The predicted molar refractivity (Wildman–Crippen MR) is 78.7 cm³/mol. The molecule has 21 heavy (non-hydrogen) atoms. The summed E-state index contributed by atoms with van der Waals surface area (Å²) in [5, 5.41) is 10.5. The number of para-hydroxylation sites is 1. The highest BCUT2D eigenvalue weighted by molar-refractivity contribution is 7.79. The molecular weight excluding hydrogens is 341 g/mol. The van der Waals surface area contributed by atoms with Crippen LogP contribution in [0.3, 0.4) is 0 Å². The van der Waals surface area contributed by atoms with Crippen molar-refractivity contribution in [2.75, 3.05) is 0 Å². The molecule has 2 aromatic rings. The third-order valence-corrected chi connectivity index (χ3v) is 3.72. The van der Waals surface area contributed by atoms with Gasteiger partial charge in [-0.05, 0) is 12.1 Å². The maximum absolute atomic E-state index is 11.2. The molecule has 0 bridgehead atoms. The Morgan fingerprint density at radius 2 is 1.76 bits per heavy atom. The Morgan fingerprint density at radius 3 is 2.29 bits per heavy atom. The smallest absolute Gasteiger partial charge is 0.272 e. The van der Waals surface area contributed by atoms with Gasteiger partial charge in [-0.15, -0.1) is 0 Å². The molecule has 0 fully saturated rings. The van der Waals surface area contributed by atoms with Gasteiger partial charge < -0.3 is 9.29 Å². The highest BCUT2D eigenvalue weighted by Gasteiger charge is 2.18. The van der Waals surface area contributed by atoms with Crippen LogP contribution in [0, 0.1) is 10.1 Å². The molecule has 0 amide bonds. The van der Waals surface area contributed by atoms with Gasteiger partial charge in [0.05, 0.1) is 15.0 Å². The first-order valence-corrected chi connectivity index (χ1v) is 7.27. The summed E-state index contributed by atoms with van der Waals surface area (Å²) in [5.74, 6) is 0.0535. The minimum Gasteiger partial charge on any atom is -0.453 e. The molecule has 0 radical (unpaired) electrons. The van der Waals surface area contributed by atoms with Crippen molar-refractivity contribution in [2.24, 2.45) is 0 Å². The zero-order chi connectivity index (χ0) is 15.6. The third-order valence-electron chi connectivity index (χ3n) is 2.44. The van der Waals surface area contributed by atoms with Crippen molar-refractivity contribution >= 4 is 40.0 Å². The SMILES string of the molecule is O=[N+]([O-])c1cc(Cl)c(Oc2ccccc2S(=O)O)c(Cl)c1.